The number of aromatic hydroxyl groups is 2. The standard InChI is InChI=1S/C12H22O.C6H6O2/c1-5-11(6-2)9-13-10-12(7-3)8-4;7-5-1-2-6(8)4-3-5/h9-10H,5-8H2,1-4H3;1-4,7-8H. The van der Waals surface area contributed by atoms with Gasteiger partial charge in [-0.2, -0.15) is 0 Å². The number of hydrogen-bond acceptors (Lipinski definition) is 3. The van der Waals surface area contributed by atoms with Crippen LogP contribution in [0.3, 0.4) is 0 Å². The first-order chi connectivity index (χ1) is 10.1. The van der Waals surface area contributed by atoms with Crippen LogP contribution in [0.1, 0.15) is 53.4 Å². The molecular formula is C18H28O3. The molecule has 0 bridgehead atoms. The van der Waals surface area contributed by atoms with Crippen molar-refractivity contribution in [2.24, 2.45) is 0 Å². The number of hydrogen-bond donors (Lipinski definition) is 2. The summed E-state index contributed by atoms with van der Waals surface area (Å²) >= 11 is 0. The number of phenols is 2. The maximum atomic E-state index is 8.65. The minimum Gasteiger partial charge on any atom is -0.508 e. The summed E-state index contributed by atoms with van der Waals surface area (Å²) in [6, 6.07) is 5.70. The van der Waals surface area contributed by atoms with E-state index in [-0.39, 0.29) is 11.5 Å². The molecule has 1 aromatic carbocycles. The molecule has 0 spiro atoms. The van der Waals surface area contributed by atoms with Crippen molar-refractivity contribution < 1.29 is 14.9 Å². The Morgan fingerprint density at radius 3 is 1.29 bits per heavy atom. The van der Waals surface area contributed by atoms with Crippen molar-refractivity contribution in [2.75, 3.05) is 0 Å². The van der Waals surface area contributed by atoms with Gasteiger partial charge in [-0.05, 0) is 61.1 Å². The summed E-state index contributed by atoms with van der Waals surface area (Å²) in [6.45, 7) is 8.62. The third kappa shape index (κ3) is 9.61. The number of benzene rings is 1. The molecule has 0 fully saturated rings. The summed E-state index contributed by atoms with van der Waals surface area (Å²) in [6.07, 6.45) is 8.09. The van der Waals surface area contributed by atoms with Crippen LogP contribution in [0.25, 0.3) is 0 Å². The van der Waals surface area contributed by atoms with Crippen LogP contribution in [0.2, 0.25) is 0 Å². The monoisotopic (exact) mass is 292 g/mol. The zero-order valence-corrected chi connectivity index (χ0v) is 13.6. The van der Waals surface area contributed by atoms with Gasteiger partial charge in [-0.1, -0.05) is 27.7 Å². The van der Waals surface area contributed by atoms with E-state index in [9.17, 15) is 0 Å². The molecule has 0 atom stereocenters. The van der Waals surface area contributed by atoms with Crippen molar-refractivity contribution in [1.29, 1.82) is 0 Å². The zero-order valence-electron chi connectivity index (χ0n) is 13.6. The highest BCUT2D eigenvalue weighted by Crippen LogP contribution is 2.13. The van der Waals surface area contributed by atoms with Gasteiger partial charge in [0.25, 0.3) is 0 Å². The van der Waals surface area contributed by atoms with Gasteiger partial charge >= 0.3 is 0 Å². The highest BCUT2D eigenvalue weighted by atomic mass is 16.5. The number of rotatable bonds is 6. The topological polar surface area (TPSA) is 49.7 Å². The molecular weight excluding hydrogens is 264 g/mol. The fourth-order valence-electron chi connectivity index (χ4n) is 1.51. The van der Waals surface area contributed by atoms with Crippen LogP contribution >= 0.6 is 0 Å². The molecule has 1 aromatic rings. The molecule has 0 aromatic heterocycles. The molecule has 2 N–H and O–H groups in total. The first-order valence-corrected chi connectivity index (χ1v) is 7.56. The molecule has 0 aliphatic carbocycles. The highest BCUT2D eigenvalue weighted by molar-refractivity contribution is 5.28. The largest absolute Gasteiger partial charge is 0.508 e. The van der Waals surface area contributed by atoms with E-state index < -0.39 is 0 Å². The predicted molar refractivity (Wildman–Crippen MR) is 88.2 cm³/mol. The molecule has 0 aliphatic heterocycles. The van der Waals surface area contributed by atoms with Crippen LogP contribution in [0.5, 0.6) is 11.5 Å². The van der Waals surface area contributed by atoms with Gasteiger partial charge in [0.1, 0.15) is 11.5 Å². The van der Waals surface area contributed by atoms with E-state index in [1.54, 1.807) is 0 Å². The molecule has 3 nitrogen and oxygen atoms in total. The first-order valence-electron chi connectivity index (χ1n) is 7.56. The lowest BCUT2D eigenvalue weighted by atomic mass is 10.2. The van der Waals surface area contributed by atoms with E-state index in [0.717, 1.165) is 25.7 Å². The smallest absolute Gasteiger partial charge is 0.115 e. The number of allylic oxidation sites excluding steroid dienone is 2. The fourth-order valence-corrected chi connectivity index (χ4v) is 1.51. The normalized spacial score (nSPS) is 9.14. The summed E-state index contributed by atoms with van der Waals surface area (Å²) in [4.78, 5) is 0. The lowest BCUT2D eigenvalue weighted by Crippen LogP contribution is -1.82. The summed E-state index contributed by atoms with van der Waals surface area (Å²) in [5.41, 5.74) is 2.73. The number of phenolic OH excluding ortho intramolecular Hbond substituents is 2. The average molecular weight is 292 g/mol. The quantitative estimate of drug-likeness (QED) is 0.537. The average Bonchev–Trinajstić information content (AvgIpc) is 2.51. The molecule has 0 aliphatic rings. The summed E-state index contributed by atoms with van der Waals surface area (Å²) in [7, 11) is 0. The minimum absolute atomic E-state index is 0.169. The van der Waals surface area contributed by atoms with E-state index in [0.29, 0.717) is 0 Å². The summed E-state index contributed by atoms with van der Waals surface area (Å²) in [5, 5.41) is 17.3. The van der Waals surface area contributed by atoms with Gasteiger partial charge in [0.2, 0.25) is 0 Å². The van der Waals surface area contributed by atoms with Crippen molar-refractivity contribution in [1.82, 2.24) is 0 Å². The van der Waals surface area contributed by atoms with E-state index in [1.807, 2.05) is 12.5 Å². The van der Waals surface area contributed by atoms with Crippen molar-refractivity contribution in [3.8, 4) is 11.5 Å². The van der Waals surface area contributed by atoms with Crippen molar-refractivity contribution in [3.63, 3.8) is 0 Å². The Balaban J connectivity index is 0.000000423. The van der Waals surface area contributed by atoms with E-state index in [2.05, 4.69) is 27.7 Å². The van der Waals surface area contributed by atoms with Crippen LogP contribution in [0.15, 0.2) is 47.9 Å². The van der Waals surface area contributed by atoms with E-state index in [1.165, 1.54) is 35.4 Å². The van der Waals surface area contributed by atoms with Gasteiger partial charge < -0.3 is 14.9 Å². The second-order valence-corrected chi connectivity index (χ2v) is 4.62. The third-order valence-electron chi connectivity index (χ3n) is 3.14. The Bertz CT molecular complexity index is 377. The van der Waals surface area contributed by atoms with Gasteiger partial charge in [-0.15, -0.1) is 0 Å². The van der Waals surface area contributed by atoms with Crippen LogP contribution in [-0.2, 0) is 4.74 Å². The van der Waals surface area contributed by atoms with Crippen molar-refractivity contribution in [2.45, 2.75) is 53.4 Å². The Kier molecular flexibility index (Phi) is 10.8. The van der Waals surface area contributed by atoms with E-state index in [4.69, 9.17) is 14.9 Å². The molecule has 21 heavy (non-hydrogen) atoms. The summed E-state index contributed by atoms with van der Waals surface area (Å²) in [5.74, 6) is 0.339. The van der Waals surface area contributed by atoms with Crippen LogP contribution in [0, 0.1) is 0 Å². The van der Waals surface area contributed by atoms with Gasteiger partial charge in [-0.3, -0.25) is 0 Å². The Morgan fingerprint density at radius 2 is 1.05 bits per heavy atom. The lowest BCUT2D eigenvalue weighted by Gasteiger charge is -2.01. The minimum atomic E-state index is 0.169. The van der Waals surface area contributed by atoms with Crippen LogP contribution < -0.4 is 0 Å². The second-order valence-electron chi connectivity index (χ2n) is 4.62. The maximum absolute atomic E-state index is 8.65. The molecule has 0 saturated carbocycles. The molecule has 3 heteroatoms. The number of ether oxygens (including phenoxy) is 1. The van der Waals surface area contributed by atoms with Gasteiger partial charge in [0.05, 0.1) is 12.5 Å². The zero-order chi connectivity index (χ0) is 16.1. The Morgan fingerprint density at radius 1 is 0.762 bits per heavy atom. The Labute approximate surface area is 128 Å². The van der Waals surface area contributed by atoms with Crippen LogP contribution in [-0.4, -0.2) is 10.2 Å². The highest BCUT2D eigenvalue weighted by Gasteiger charge is 1.91. The second kappa shape index (κ2) is 11.9. The van der Waals surface area contributed by atoms with Gasteiger partial charge in [0.15, 0.2) is 0 Å². The van der Waals surface area contributed by atoms with E-state index >= 15 is 0 Å². The summed E-state index contributed by atoms with van der Waals surface area (Å²) < 4.78 is 5.40. The molecule has 0 saturated heterocycles. The third-order valence-corrected chi connectivity index (χ3v) is 3.14. The molecule has 1 rings (SSSR count). The van der Waals surface area contributed by atoms with Crippen molar-refractivity contribution >= 4 is 0 Å². The molecule has 118 valence electrons. The van der Waals surface area contributed by atoms with Crippen molar-refractivity contribution in [3.05, 3.63) is 47.9 Å². The first kappa shape index (κ1) is 19.1. The molecule has 0 amide bonds. The molecule has 0 heterocycles. The maximum Gasteiger partial charge on any atom is 0.115 e. The molecule has 0 unspecified atom stereocenters. The van der Waals surface area contributed by atoms with Gasteiger partial charge in [-0.25, -0.2) is 0 Å². The fraction of sp³-hybridized carbons (Fsp3) is 0.444. The van der Waals surface area contributed by atoms with Gasteiger partial charge in [0, 0.05) is 0 Å². The SMILES string of the molecule is CCC(=COC=C(CC)CC)CC.Oc1ccc(O)cc1. The Hall–Kier alpha value is -1.90. The lowest BCUT2D eigenvalue weighted by molar-refractivity contribution is 0.387. The van der Waals surface area contributed by atoms with Crippen LogP contribution in [0.4, 0.5) is 0 Å². The molecule has 0 radical (unpaired) electrons. The predicted octanol–water partition coefficient (Wildman–Crippen LogP) is 5.51.